The molecular formula is C13H23N5. The number of anilines is 2. The molecule has 5 nitrogen and oxygen atoms in total. The van der Waals surface area contributed by atoms with Gasteiger partial charge in [-0.05, 0) is 31.6 Å². The van der Waals surface area contributed by atoms with Gasteiger partial charge in [-0.15, -0.1) is 0 Å². The summed E-state index contributed by atoms with van der Waals surface area (Å²) >= 11 is 0. The summed E-state index contributed by atoms with van der Waals surface area (Å²) in [4.78, 5) is 8.89. The maximum Gasteiger partial charge on any atom is 0.148 e. The van der Waals surface area contributed by atoms with Crippen LogP contribution in [0.15, 0.2) is 0 Å². The van der Waals surface area contributed by atoms with Crippen molar-refractivity contribution in [3.05, 3.63) is 11.4 Å². The van der Waals surface area contributed by atoms with E-state index in [9.17, 15) is 0 Å². The second-order valence-corrected chi connectivity index (χ2v) is 5.16. The highest BCUT2D eigenvalue weighted by atomic mass is 15.3. The van der Waals surface area contributed by atoms with Gasteiger partial charge in [-0.1, -0.05) is 13.8 Å². The second kappa shape index (κ2) is 5.52. The number of aryl methyl sites for hydroxylation is 1. The lowest BCUT2D eigenvalue weighted by Crippen LogP contribution is -2.18. The van der Waals surface area contributed by atoms with Crippen molar-refractivity contribution in [2.75, 3.05) is 17.3 Å². The first-order valence-electron chi connectivity index (χ1n) is 6.73. The molecule has 1 aliphatic rings. The average Bonchev–Trinajstić information content (AvgIpc) is 3.21. The summed E-state index contributed by atoms with van der Waals surface area (Å²) in [7, 11) is 0. The molecule has 1 heterocycles. The molecular weight excluding hydrogens is 226 g/mol. The Kier molecular flexibility index (Phi) is 4.01. The van der Waals surface area contributed by atoms with E-state index < -0.39 is 0 Å². The fourth-order valence-electron chi connectivity index (χ4n) is 2.12. The fraction of sp³-hybridized carbons (Fsp3) is 0.692. The number of nitrogens with two attached hydrogens (primary N) is 1. The Morgan fingerprint density at radius 1 is 1.33 bits per heavy atom. The molecule has 0 bridgehead atoms. The number of nitrogens with zero attached hydrogens (tertiary/aromatic N) is 2. The summed E-state index contributed by atoms with van der Waals surface area (Å²) < 4.78 is 0. The third kappa shape index (κ3) is 2.90. The van der Waals surface area contributed by atoms with Crippen LogP contribution in [0, 0.1) is 18.8 Å². The smallest absolute Gasteiger partial charge is 0.148 e. The van der Waals surface area contributed by atoms with Gasteiger partial charge in [0.15, 0.2) is 0 Å². The third-order valence-corrected chi connectivity index (χ3v) is 3.66. The minimum Gasteiger partial charge on any atom is -0.369 e. The predicted molar refractivity (Wildman–Crippen MR) is 74.3 cm³/mol. The van der Waals surface area contributed by atoms with Gasteiger partial charge in [-0.3, -0.25) is 0 Å². The zero-order valence-corrected chi connectivity index (χ0v) is 11.5. The summed E-state index contributed by atoms with van der Waals surface area (Å²) in [5.74, 6) is 9.53. The number of hydrazine groups is 1. The molecule has 0 saturated heterocycles. The molecule has 2 rings (SSSR count). The van der Waals surface area contributed by atoms with Gasteiger partial charge in [0.05, 0.1) is 0 Å². The van der Waals surface area contributed by atoms with Gasteiger partial charge in [-0.25, -0.2) is 15.8 Å². The van der Waals surface area contributed by atoms with Gasteiger partial charge in [-0.2, -0.15) is 0 Å². The van der Waals surface area contributed by atoms with Crippen molar-refractivity contribution in [1.29, 1.82) is 0 Å². The van der Waals surface area contributed by atoms with Crippen molar-refractivity contribution in [3.63, 3.8) is 0 Å². The number of aromatic nitrogens is 2. The molecule has 0 spiro atoms. The number of rotatable bonds is 6. The maximum absolute atomic E-state index is 5.49. The standard InChI is InChI=1S/C13H23N5/c1-4-11-16-12(9(3)13(17-11)18-14)15-7-8(2)10-5-6-10/h8,10H,4-7,14H2,1-3H3,(H2,15,16,17,18). The number of nitrogens with one attached hydrogen (secondary N) is 2. The molecule has 1 atom stereocenters. The molecule has 0 radical (unpaired) electrons. The third-order valence-electron chi connectivity index (χ3n) is 3.66. The van der Waals surface area contributed by atoms with Gasteiger partial charge in [0, 0.05) is 18.5 Å². The first-order chi connectivity index (χ1) is 8.65. The van der Waals surface area contributed by atoms with E-state index in [4.69, 9.17) is 5.84 Å². The lowest BCUT2D eigenvalue weighted by Gasteiger charge is -2.16. The van der Waals surface area contributed by atoms with Crippen LogP contribution in [0.3, 0.4) is 0 Å². The number of hydrogen-bond donors (Lipinski definition) is 3. The lowest BCUT2D eigenvalue weighted by atomic mass is 10.1. The van der Waals surface area contributed by atoms with Crippen LogP contribution >= 0.6 is 0 Å². The molecule has 18 heavy (non-hydrogen) atoms. The molecule has 1 unspecified atom stereocenters. The van der Waals surface area contributed by atoms with Crippen LogP contribution in [-0.4, -0.2) is 16.5 Å². The van der Waals surface area contributed by atoms with Gasteiger partial charge in [0.2, 0.25) is 0 Å². The molecule has 100 valence electrons. The van der Waals surface area contributed by atoms with E-state index in [0.29, 0.717) is 11.7 Å². The van der Waals surface area contributed by atoms with Crippen molar-refractivity contribution in [1.82, 2.24) is 9.97 Å². The summed E-state index contributed by atoms with van der Waals surface area (Å²) in [5.41, 5.74) is 3.63. The first-order valence-corrected chi connectivity index (χ1v) is 6.73. The van der Waals surface area contributed by atoms with Gasteiger partial charge >= 0.3 is 0 Å². The van der Waals surface area contributed by atoms with Crippen LogP contribution in [0.5, 0.6) is 0 Å². The number of hydrogen-bond acceptors (Lipinski definition) is 5. The van der Waals surface area contributed by atoms with Crippen LogP contribution in [0.2, 0.25) is 0 Å². The molecule has 5 heteroatoms. The van der Waals surface area contributed by atoms with Gasteiger partial charge in [0.25, 0.3) is 0 Å². The summed E-state index contributed by atoms with van der Waals surface area (Å²) in [6.07, 6.45) is 3.56. The quantitative estimate of drug-likeness (QED) is 0.531. The van der Waals surface area contributed by atoms with Crippen LogP contribution in [0.1, 0.15) is 38.1 Å². The maximum atomic E-state index is 5.49. The number of nitrogen functional groups attached to an aromatic ring is 1. The van der Waals surface area contributed by atoms with E-state index in [-0.39, 0.29) is 0 Å². The first kappa shape index (κ1) is 13.1. The molecule has 1 aromatic heterocycles. The van der Waals surface area contributed by atoms with E-state index in [1.54, 1.807) is 0 Å². The molecule has 1 fully saturated rings. The van der Waals surface area contributed by atoms with Crippen molar-refractivity contribution in [2.24, 2.45) is 17.7 Å². The molecule has 1 aliphatic carbocycles. The molecule has 0 amide bonds. The predicted octanol–water partition coefficient (Wildman–Crippen LogP) is 2.09. The van der Waals surface area contributed by atoms with Crippen LogP contribution < -0.4 is 16.6 Å². The minimum absolute atomic E-state index is 0.707. The highest BCUT2D eigenvalue weighted by Crippen LogP contribution is 2.36. The fourth-order valence-corrected chi connectivity index (χ4v) is 2.12. The molecule has 1 aromatic rings. The largest absolute Gasteiger partial charge is 0.369 e. The van der Waals surface area contributed by atoms with Crippen LogP contribution in [0.4, 0.5) is 11.6 Å². The molecule has 0 aliphatic heterocycles. The van der Waals surface area contributed by atoms with E-state index in [2.05, 4.69) is 27.6 Å². The SMILES string of the molecule is CCc1nc(NN)c(C)c(NCC(C)C2CC2)n1. The Labute approximate surface area is 109 Å². The topological polar surface area (TPSA) is 75.9 Å². The monoisotopic (exact) mass is 249 g/mol. The Hall–Kier alpha value is -1.36. The van der Waals surface area contributed by atoms with E-state index >= 15 is 0 Å². The Morgan fingerprint density at radius 3 is 2.56 bits per heavy atom. The summed E-state index contributed by atoms with van der Waals surface area (Å²) in [5, 5.41) is 3.44. The van der Waals surface area contributed by atoms with Crippen molar-refractivity contribution in [3.8, 4) is 0 Å². The molecule has 4 N–H and O–H groups in total. The van der Waals surface area contributed by atoms with E-state index in [0.717, 1.165) is 36.1 Å². The van der Waals surface area contributed by atoms with Crippen molar-refractivity contribution < 1.29 is 0 Å². The van der Waals surface area contributed by atoms with Crippen molar-refractivity contribution in [2.45, 2.75) is 40.0 Å². The molecule has 0 aromatic carbocycles. The zero-order chi connectivity index (χ0) is 13.1. The van der Waals surface area contributed by atoms with Gasteiger partial charge < -0.3 is 10.7 Å². The highest BCUT2D eigenvalue weighted by molar-refractivity contribution is 5.56. The van der Waals surface area contributed by atoms with E-state index in [1.165, 1.54) is 12.8 Å². The Morgan fingerprint density at radius 2 is 2.00 bits per heavy atom. The highest BCUT2D eigenvalue weighted by Gasteiger charge is 2.27. The molecule has 1 saturated carbocycles. The summed E-state index contributed by atoms with van der Waals surface area (Å²) in [6.45, 7) is 7.29. The zero-order valence-electron chi connectivity index (χ0n) is 11.5. The lowest BCUT2D eigenvalue weighted by molar-refractivity contribution is 0.535. The Balaban J connectivity index is 2.09. The second-order valence-electron chi connectivity index (χ2n) is 5.16. The summed E-state index contributed by atoms with van der Waals surface area (Å²) in [6, 6.07) is 0. The van der Waals surface area contributed by atoms with Crippen LogP contribution in [0.25, 0.3) is 0 Å². The Bertz CT molecular complexity index is 414. The van der Waals surface area contributed by atoms with E-state index in [1.807, 2.05) is 13.8 Å². The van der Waals surface area contributed by atoms with Crippen LogP contribution in [-0.2, 0) is 6.42 Å². The van der Waals surface area contributed by atoms with Gasteiger partial charge in [0.1, 0.15) is 17.5 Å². The van der Waals surface area contributed by atoms with Crippen molar-refractivity contribution >= 4 is 11.6 Å². The normalized spacial score (nSPS) is 16.4. The minimum atomic E-state index is 0.707. The average molecular weight is 249 g/mol.